The highest BCUT2D eigenvalue weighted by Gasteiger charge is 2.12. The third kappa shape index (κ3) is 4.11. The molecule has 0 bridgehead atoms. The minimum atomic E-state index is 0.514. The first-order chi connectivity index (χ1) is 8.12. The summed E-state index contributed by atoms with van der Waals surface area (Å²) in [6, 6.07) is 2.72. The molecule has 1 rings (SSSR count). The van der Waals surface area contributed by atoms with Crippen LogP contribution in [0.2, 0.25) is 0 Å². The van der Waals surface area contributed by atoms with E-state index in [1.807, 2.05) is 0 Å². The van der Waals surface area contributed by atoms with Crippen LogP contribution in [0, 0.1) is 5.92 Å². The molecule has 2 atom stereocenters. The van der Waals surface area contributed by atoms with Gasteiger partial charge in [-0.3, -0.25) is 4.68 Å². The Kier molecular flexibility index (Phi) is 6.20. The Morgan fingerprint density at radius 1 is 1.41 bits per heavy atom. The third-order valence-electron chi connectivity index (χ3n) is 3.28. The first-order valence-electron chi connectivity index (χ1n) is 6.47. The normalized spacial score (nSPS) is 14.9. The summed E-state index contributed by atoms with van der Waals surface area (Å²) in [7, 11) is 0. The second-order valence-electron chi connectivity index (χ2n) is 4.60. The van der Waals surface area contributed by atoms with Gasteiger partial charge in [-0.1, -0.05) is 29.8 Å². The number of hydrogen-bond donors (Lipinski definition) is 1. The average molecular weight is 302 g/mol. The van der Waals surface area contributed by atoms with Gasteiger partial charge in [0.15, 0.2) is 0 Å². The summed E-state index contributed by atoms with van der Waals surface area (Å²) in [5, 5.41) is 9.16. The summed E-state index contributed by atoms with van der Waals surface area (Å²) in [6.45, 7) is 10.6. The molecular formula is C13H24BrN3. The van der Waals surface area contributed by atoms with Crippen LogP contribution in [0.5, 0.6) is 0 Å². The molecule has 0 fully saturated rings. The van der Waals surface area contributed by atoms with Crippen LogP contribution in [0.15, 0.2) is 6.07 Å². The lowest BCUT2D eigenvalue weighted by atomic mass is 10.1. The van der Waals surface area contributed by atoms with E-state index in [1.54, 1.807) is 0 Å². The highest BCUT2D eigenvalue weighted by molar-refractivity contribution is 9.09. The maximum Gasteiger partial charge on any atom is 0.0625 e. The zero-order valence-corrected chi connectivity index (χ0v) is 12.9. The van der Waals surface area contributed by atoms with Crippen molar-refractivity contribution in [2.24, 2.45) is 5.92 Å². The molecule has 3 nitrogen and oxygen atoms in total. The molecule has 17 heavy (non-hydrogen) atoms. The molecule has 4 heteroatoms. The van der Waals surface area contributed by atoms with Crippen molar-refractivity contribution >= 4 is 15.9 Å². The van der Waals surface area contributed by atoms with Crippen molar-refractivity contribution in [2.75, 3.05) is 5.33 Å². The fraction of sp³-hybridized carbons (Fsp3) is 0.769. The zero-order chi connectivity index (χ0) is 12.8. The Bertz CT molecular complexity index is 335. The molecule has 0 aliphatic carbocycles. The van der Waals surface area contributed by atoms with E-state index in [0.717, 1.165) is 24.8 Å². The van der Waals surface area contributed by atoms with Gasteiger partial charge in [0, 0.05) is 24.5 Å². The average Bonchev–Trinajstić information content (AvgIpc) is 2.77. The van der Waals surface area contributed by atoms with E-state index in [2.05, 4.69) is 64.8 Å². The largest absolute Gasteiger partial charge is 0.308 e. The van der Waals surface area contributed by atoms with Gasteiger partial charge in [0.2, 0.25) is 0 Å². The Labute approximate surface area is 113 Å². The van der Waals surface area contributed by atoms with Crippen LogP contribution in [0.1, 0.15) is 39.1 Å². The lowest BCUT2D eigenvalue weighted by molar-refractivity contribution is 0.423. The van der Waals surface area contributed by atoms with Gasteiger partial charge in [0.25, 0.3) is 0 Å². The van der Waals surface area contributed by atoms with Crippen LogP contribution in [-0.4, -0.2) is 21.2 Å². The number of nitrogens with zero attached hydrogens (tertiary/aromatic N) is 2. The van der Waals surface area contributed by atoms with Crippen molar-refractivity contribution in [3.8, 4) is 0 Å². The van der Waals surface area contributed by atoms with E-state index in [1.165, 1.54) is 11.4 Å². The number of alkyl halides is 1. The summed E-state index contributed by atoms with van der Waals surface area (Å²) in [5.74, 6) is 0.638. The molecule has 0 spiro atoms. The van der Waals surface area contributed by atoms with E-state index in [-0.39, 0.29) is 0 Å². The number of hydrogen-bond acceptors (Lipinski definition) is 2. The van der Waals surface area contributed by atoms with Crippen molar-refractivity contribution in [3.05, 3.63) is 17.5 Å². The van der Waals surface area contributed by atoms with Crippen LogP contribution in [0.4, 0.5) is 0 Å². The number of rotatable bonds is 7. The molecule has 1 aromatic heterocycles. The van der Waals surface area contributed by atoms with Gasteiger partial charge in [-0.05, 0) is 32.3 Å². The lowest BCUT2D eigenvalue weighted by Crippen LogP contribution is -2.33. The third-order valence-corrected chi connectivity index (χ3v) is 4.30. The second kappa shape index (κ2) is 7.17. The summed E-state index contributed by atoms with van der Waals surface area (Å²) in [4.78, 5) is 0. The fourth-order valence-corrected chi connectivity index (χ4v) is 2.26. The molecule has 0 aliphatic heterocycles. The number of halogens is 1. The van der Waals surface area contributed by atoms with Crippen LogP contribution in [-0.2, 0) is 19.5 Å². The highest BCUT2D eigenvalue weighted by Crippen LogP contribution is 2.09. The molecule has 0 aromatic carbocycles. The first kappa shape index (κ1) is 14.7. The van der Waals surface area contributed by atoms with E-state index in [4.69, 9.17) is 0 Å². The van der Waals surface area contributed by atoms with Crippen molar-refractivity contribution in [1.29, 1.82) is 0 Å². The van der Waals surface area contributed by atoms with Crippen molar-refractivity contribution in [1.82, 2.24) is 15.1 Å². The van der Waals surface area contributed by atoms with E-state index >= 15 is 0 Å². The molecule has 2 unspecified atom stereocenters. The minimum absolute atomic E-state index is 0.514. The molecule has 0 aliphatic rings. The fourth-order valence-electron chi connectivity index (χ4n) is 1.70. The second-order valence-corrected chi connectivity index (χ2v) is 5.24. The number of aryl methyl sites for hydroxylation is 2. The van der Waals surface area contributed by atoms with Gasteiger partial charge >= 0.3 is 0 Å². The molecule has 0 amide bonds. The smallest absolute Gasteiger partial charge is 0.0625 e. The maximum atomic E-state index is 4.56. The standard InChI is InChI=1S/C13H24BrN3/c1-5-12-7-13(17(6-2)16-12)9-15-11(4)10(3)8-14/h7,10-11,15H,5-6,8-9H2,1-4H3. The van der Waals surface area contributed by atoms with Crippen LogP contribution < -0.4 is 5.32 Å². The first-order valence-corrected chi connectivity index (χ1v) is 7.59. The van der Waals surface area contributed by atoms with E-state index in [9.17, 15) is 0 Å². The molecular weight excluding hydrogens is 278 g/mol. The number of aromatic nitrogens is 2. The lowest BCUT2D eigenvalue weighted by Gasteiger charge is -2.19. The zero-order valence-electron chi connectivity index (χ0n) is 11.3. The molecule has 0 saturated heterocycles. The summed E-state index contributed by atoms with van der Waals surface area (Å²) < 4.78 is 2.09. The summed E-state index contributed by atoms with van der Waals surface area (Å²) >= 11 is 3.53. The molecule has 1 N–H and O–H groups in total. The van der Waals surface area contributed by atoms with Crippen molar-refractivity contribution < 1.29 is 0 Å². The van der Waals surface area contributed by atoms with Gasteiger partial charge < -0.3 is 5.32 Å². The maximum absolute atomic E-state index is 4.56. The van der Waals surface area contributed by atoms with Crippen LogP contribution >= 0.6 is 15.9 Å². The molecule has 1 heterocycles. The molecule has 98 valence electrons. The monoisotopic (exact) mass is 301 g/mol. The SMILES string of the molecule is CCc1cc(CNC(C)C(C)CBr)n(CC)n1. The van der Waals surface area contributed by atoms with Gasteiger partial charge in [-0.25, -0.2) is 0 Å². The summed E-state index contributed by atoms with van der Waals surface area (Å²) in [5.41, 5.74) is 2.47. The van der Waals surface area contributed by atoms with Gasteiger partial charge in [-0.15, -0.1) is 0 Å². The van der Waals surface area contributed by atoms with E-state index in [0.29, 0.717) is 12.0 Å². The molecule has 0 radical (unpaired) electrons. The Balaban J connectivity index is 2.58. The van der Waals surface area contributed by atoms with Crippen molar-refractivity contribution in [2.45, 2.75) is 53.2 Å². The molecule has 0 saturated carbocycles. The van der Waals surface area contributed by atoms with Crippen LogP contribution in [0.3, 0.4) is 0 Å². The Morgan fingerprint density at radius 2 is 2.12 bits per heavy atom. The summed E-state index contributed by atoms with van der Waals surface area (Å²) in [6.07, 6.45) is 1.01. The quantitative estimate of drug-likeness (QED) is 0.785. The highest BCUT2D eigenvalue weighted by atomic mass is 79.9. The molecule has 1 aromatic rings. The van der Waals surface area contributed by atoms with Gasteiger partial charge in [0.05, 0.1) is 11.4 Å². The minimum Gasteiger partial charge on any atom is -0.308 e. The topological polar surface area (TPSA) is 29.9 Å². The predicted molar refractivity (Wildman–Crippen MR) is 76.5 cm³/mol. The van der Waals surface area contributed by atoms with E-state index < -0.39 is 0 Å². The van der Waals surface area contributed by atoms with Gasteiger partial charge in [0.1, 0.15) is 0 Å². The Hall–Kier alpha value is -0.350. The predicted octanol–water partition coefficient (Wildman–Crippen LogP) is 2.97. The van der Waals surface area contributed by atoms with Crippen LogP contribution in [0.25, 0.3) is 0 Å². The van der Waals surface area contributed by atoms with Gasteiger partial charge in [-0.2, -0.15) is 5.10 Å². The Morgan fingerprint density at radius 3 is 2.65 bits per heavy atom. The number of nitrogens with one attached hydrogen (secondary N) is 1. The van der Waals surface area contributed by atoms with Crippen molar-refractivity contribution in [3.63, 3.8) is 0 Å².